The lowest BCUT2D eigenvalue weighted by atomic mass is 10.1. The van der Waals surface area contributed by atoms with Crippen molar-refractivity contribution in [2.75, 3.05) is 20.1 Å². The zero-order valence-corrected chi connectivity index (χ0v) is 15.7. The highest BCUT2D eigenvalue weighted by atomic mass is 32.2. The summed E-state index contributed by atoms with van der Waals surface area (Å²) in [5.41, 5.74) is 0.599. The van der Waals surface area contributed by atoms with Crippen molar-refractivity contribution in [3.8, 4) is 0 Å². The molecule has 0 bridgehead atoms. The Kier molecular flexibility index (Phi) is 5.62. The number of hydrogen-bond acceptors (Lipinski definition) is 5. The Hall–Kier alpha value is -2.65. The van der Waals surface area contributed by atoms with Crippen molar-refractivity contribution in [2.45, 2.75) is 24.0 Å². The molecule has 144 valence electrons. The van der Waals surface area contributed by atoms with Crippen LogP contribution >= 0.6 is 0 Å². The molecule has 3 rings (SSSR count). The molecule has 1 saturated heterocycles. The van der Waals surface area contributed by atoms with Gasteiger partial charge in [0, 0.05) is 20.1 Å². The fourth-order valence-electron chi connectivity index (χ4n) is 2.93. The Labute approximate surface area is 157 Å². The molecule has 1 aliphatic heterocycles. The molecule has 2 heterocycles. The minimum Gasteiger partial charge on any atom is -0.438 e. The van der Waals surface area contributed by atoms with Crippen LogP contribution in [0.25, 0.3) is 0 Å². The van der Waals surface area contributed by atoms with E-state index in [2.05, 4.69) is 10.6 Å². The van der Waals surface area contributed by atoms with Crippen LogP contribution in [0.4, 0.5) is 0 Å². The summed E-state index contributed by atoms with van der Waals surface area (Å²) in [5.74, 6) is -1.24. The van der Waals surface area contributed by atoms with E-state index in [1.807, 2.05) is 0 Å². The van der Waals surface area contributed by atoms with Crippen LogP contribution < -0.4 is 10.6 Å². The Morgan fingerprint density at radius 1 is 1.07 bits per heavy atom. The second-order valence-electron chi connectivity index (χ2n) is 6.16. The third kappa shape index (κ3) is 4.04. The number of nitrogens with zero attached hydrogens (tertiary/aromatic N) is 1. The van der Waals surface area contributed by atoms with Crippen molar-refractivity contribution in [1.82, 2.24) is 14.9 Å². The molecule has 1 fully saturated rings. The monoisotopic (exact) mass is 391 g/mol. The predicted octanol–water partition coefficient (Wildman–Crippen LogP) is 1.28. The van der Waals surface area contributed by atoms with Gasteiger partial charge in [-0.25, -0.2) is 8.42 Å². The maximum absolute atomic E-state index is 12.5. The van der Waals surface area contributed by atoms with Crippen LogP contribution in [0.5, 0.6) is 0 Å². The topological polar surface area (TPSA) is 109 Å². The zero-order valence-electron chi connectivity index (χ0n) is 14.8. The summed E-state index contributed by atoms with van der Waals surface area (Å²) in [6, 6.07) is 10.4. The molecule has 0 unspecified atom stereocenters. The third-order valence-electron chi connectivity index (χ3n) is 4.38. The van der Waals surface area contributed by atoms with Crippen molar-refractivity contribution in [3.63, 3.8) is 0 Å². The summed E-state index contributed by atoms with van der Waals surface area (Å²) >= 11 is 0. The van der Waals surface area contributed by atoms with Crippen molar-refractivity contribution in [1.29, 1.82) is 0 Å². The zero-order chi connectivity index (χ0) is 19.4. The molecular weight excluding hydrogens is 370 g/mol. The number of amides is 2. The van der Waals surface area contributed by atoms with Crippen LogP contribution in [0.3, 0.4) is 0 Å². The molecule has 27 heavy (non-hydrogen) atoms. The molecule has 1 atom stereocenters. The summed E-state index contributed by atoms with van der Waals surface area (Å²) in [4.78, 5) is 24.7. The number of carbonyl (C=O) groups excluding carboxylic acids is 2. The first-order valence-electron chi connectivity index (χ1n) is 8.61. The van der Waals surface area contributed by atoms with Gasteiger partial charge in [0.1, 0.15) is 6.04 Å². The van der Waals surface area contributed by atoms with Crippen LogP contribution in [0.15, 0.2) is 52.0 Å². The van der Waals surface area contributed by atoms with E-state index in [9.17, 15) is 18.0 Å². The fraction of sp³-hybridized carbons (Fsp3) is 0.333. The van der Waals surface area contributed by atoms with Crippen LogP contribution in [0.2, 0.25) is 0 Å². The predicted molar refractivity (Wildman–Crippen MR) is 97.4 cm³/mol. The molecule has 0 aliphatic carbocycles. The van der Waals surface area contributed by atoms with E-state index >= 15 is 0 Å². The number of benzene rings is 1. The lowest BCUT2D eigenvalue weighted by Crippen LogP contribution is -2.38. The van der Waals surface area contributed by atoms with Crippen LogP contribution in [-0.4, -0.2) is 44.7 Å². The average molecular weight is 391 g/mol. The quantitative estimate of drug-likeness (QED) is 0.771. The normalized spacial score (nSPS) is 16.0. The molecule has 2 aromatic rings. The Morgan fingerprint density at radius 2 is 1.74 bits per heavy atom. The SMILES string of the molecule is CNC(=O)[C@H](NC(=O)c1ccc(S(=O)(=O)N2CCCC2)o1)c1ccccc1. The number of hydrogen-bond donors (Lipinski definition) is 2. The number of likely N-dealkylation sites (N-methyl/N-ethyl adjacent to an activating group) is 1. The molecule has 2 N–H and O–H groups in total. The molecular formula is C18H21N3O5S. The van der Waals surface area contributed by atoms with Crippen molar-refractivity contribution in [2.24, 2.45) is 0 Å². The molecule has 1 aromatic heterocycles. The van der Waals surface area contributed by atoms with Crippen molar-refractivity contribution in [3.05, 3.63) is 53.8 Å². The van der Waals surface area contributed by atoms with E-state index < -0.39 is 27.9 Å². The first kappa shape index (κ1) is 19.1. The van der Waals surface area contributed by atoms with E-state index in [1.54, 1.807) is 30.3 Å². The van der Waals surface area contributed by atoms with Crippen LogP contribution in [0, 0.1) is 0 Å². The Bertz CT molecular complexity index is 917. The number of rotatable bonds is 6. The first-order valence-corrected chi connectivity index (χ1v) is 10.0. The highest BCUT2D eigenvalue weighted by molar-refractivity contribution is 7.89. The van der Waals surface area contributed by atoms with Crippen molar-refractivity contribution < 1.29 is 22.4 Å². The number of nitrogens with one attached hydrogen (secondary N) is 2. The Balaban J connectivity index is 1.79. The van der Waals surface area contributed by atoms with Gasteiger partial charge in [-0.15, -0.1) is 0 Å². The summed E-state index contributed by atoms with van der Waals surface area (Å²) in [6.45, 7) is 0.884. The summed E-state index contributed by atoms with van der Waals surface area (Å²) < 4.78 is 31.6. The van der Waals surface area contributed by atoms with Gasteiger partial charge in [0.05, 0.1) is 0 Å². The molecule has 0 radical (unpaired) electrons. The molecule has 9 heteroatoms. The maximum Gasteiger partial charge on any atom is 0.287 e. The lowest BCUT2D eigenvalue weighted by molar-refractivity contribution is -0.122. The van der Waals surface area contributed by atoms with Gasteiger partial charge >= 0.3 is 0 Å². The largest absolute Gasteiger partial charge is 0.438 e. The minimum atomic E-state index is -3.75. The number of carbonyl (C=O) groups is 2. The molecule has 1 aliphatic rings. The van der Waals surface area contributed by atoms with Crippen LogP contribution in [0.1, 0.15) is 35.0 Å². The van der Waals surface area contributed by atoms with E-state index in [4.69, 9.17) is 4.42 Å². The Morgan fingerprint density at radius 3 is 2.37 bits per heavy atom. The molecule has 0 spiro atoms. The van der Waals surface area contributed by atoms with E-state index in [0.29, 0.717) is 18.7 Å². The first-order chi connectivity index (χ1) is 12.9. The summed E-state index contributed by atoms with van der Waals surface area (Å²) in [7, 11) is -2.28. The smallest absolute Gasteiger partial charge is 0.287 e. The second-order valence-corrected chi connectivity index (χ2v) is 8.03. The average Bonchev–Trinajstić information content (AvgIpc) is 3.38. The van der Waals surface area contributed by atoms with E-state index in [1.165, 1.54) is 23.5 Å². The fourth-order valence-corrected chi connectivity index (χ4v) is 4.36. The summed E-state index contributed by atoms with van der Waals surface area (Å²) in [6.07, 6.45) is 1.61. The molecule has 1 aromatic carbocycles. The van der Waals surface area contributed by atoms with E-state index in [0.717, 1.165) is 12.8 Å². The highest BCUT2D eigenvalue weighted by Crippen LogP contribution is 2.23. The lowest BCUT2D eigenvalue weighted by Gasteiger charge is -2.17. The van der Waals surface area contributed by atoms with Crippen molar-refractivity contribution >= 4 is 21.8 Å². The van der Waals surface area contributed by atoms with Gasteiger partial charge < -0.3 is 15.1 Å². The highest BCUT2D eigenvalue weighted by Gasteiger charge is 2.31. The standard InChI is InChI=1S/C18H21N3O5S/c1-19-18(23)16(13-7-3-2-4-8-13)20-17(22)14-9-10-15(26-14)27(24,25)21-11-5-6-12-21/h2-4,7-10,16H,5-6,11-12H2,1H3,(H,19,23)(H,20,22)/t16-/m1/s1. The summed E-state index contributed by atoms with van der Waals surface area (Å²) in [5, 5.41) is 4.81. The van der Waals surface area contributed by atoms with Gasteiger partial charge in [-0.05, 0) is 30.5 Å². The maximum atomic E-state index is 12.5. The van der Waals surface area contributed by atoms with Gasteiger partial charge in [-0.3, -0.25) is 9.59 Å². The minimum absolute atomic E-state index is 0.169. The number of sulfonamides is 1. The van der Waals surface area contributed by atoms with Crippen LogP contribution in [-0.2, 0) is 14.8 Å². The number of furan rings is 1. The second kappa shape index (κ2) is 7.93. The molecule has 0 saturated carbocycles. The van der Waals surface area contributed by atoms with Gasteiger partial charge in [-0.2, -0.15) is 4.31 Å². The molecule has 2 amide bonds. The third-order valence-corrected chi connectivity index (χ3v) is 6.15. The van der Waals surface area contributed by atoms with Gasteiger partial charge in [0.15, 0.2) is 5.76 Å². The van der Waals surface area contributed by atoms with E-state index in [-0.39, 0.29) is 10.9 Å². The van der Waals surface area contributed by atoms with Gasteiger partial charge in [-0.1, -0.05) is 30.3 Å². The molecule has 8 nitrogen and oxygen atoms in total. The van der Waals surface area contributed by atoms with Gasteiger partial charge in [0.25, 0.3) is 15.9 Å². The van der Waals surface area contributed by atoms with Gasteiger partial charge in [0.2, 0.25) is 11.0 Å².